The van der Waals surface area contributed by atoms with Gasteiger partial charge in [0.05, 0.1) is 13.7 Å². The Morgan fingerprint density at radius 2 is 1.48 bits per heavy atom. The highest BCUT2D eigenvalue weighted by Crippen LogP contribution is 2.43. The van der Waals surface area contributed by atoms with Crippen molar-refractivity contribution in [2.24, 2.45) is 0 Å². The van der Waals surface area contributed by atoms with Gasteiger partial charge in [0.2, 0.25) is 8.32 Å². The minimum atomic E-state index is -1.82. The van der Waals surface area contributed by atoms with Crippen molar-refractivity contribution < 1.29 is 9.16 Å². The number of hydrogen-bond donors (Lipinski definition) is 0. The predicted molar refractivity (Wildman–Crippen MR) is 93.6 cm³/mol. The molecule has 0 aliphatic carbocycles. The molecule has 0 aliphatic rings. The summed E-state index contributed by atoms with van der Waals surface area (Å²) in [6.45, 7) is 16.7. The van der Waals surface area contributed by atoms with E-state index in [-0.39, 0.29) is 0 Å². The molecule has 0 atom stereocenters. The molecule has 0 unspecified atom stereocenters. The maximum Gasteiger partial charge on any atom is 0.200 e. The molecule has 0 heterocycles. The normalized spacial score (nSPS) is 12.5. The molecule has 3 heteroatoms. The van der Waals surface area contributed by atoms with Gasteiger partial charge in [-0.3, -0.25) is 0 Å². The number of rotatable bonds is 7. The molecule has 0 aliphatic heterocycles. The third kappa shape index (κ3) is 3.89. The number of ether oxygens (including phenoxy) is 1. The third-order valence-electron chi connectivity index (χ3n) is 4.62. The van der Waals surface area contributed by atoms with E-state index in [1.165, 1.54) is 5.56 Å². The molecule has 0 saturated carbocycles. The van der Waals surface area contributed by atoms with E-state index in [1.807, 2.05) is 6.07 Å². The van der Waals surface area contributed by atoms with Gasteiger partial charge in [0, 0.05) is 5.56 Å². The minimum Gasteiger partial charge on any atom is -0.496 e. The topological polar surface area (TPSA) is 18.5 Å². The molecule has 21 heavy (non-hydrogen) atoms. The summed E-state index contributed by atoms with van der Waals surface area (Å²) in [4.78, 5) is 0. The van der Waals surface area contributed by atoms with Crippen LogP contribution in [0.25, 0.3) is 0 Å². The van der Waals surface area contributed by atoms with Gasteiger partial charge in [-0.05, 0) is 29.6 Å². The van der Waals surface area contributed by atoms with Crippen LogP contribution in [0.5, 0.6) is 5.75 Å². The summed E-state index contributed by atoms with van der Waals surface area (Å²) in [7, 11) is -0.0906. The molecule has 0 N–H and O–H groups in total. The largest absolute Gasteiger partial charge is 0.496 e. The first-order valence-electron chi connectivity index (χ1n) is 8.03. The van der Waals surface area contributed by atoms with Crippen LogP contribution in [-0.2, 0) is 11.0 Å². The maximum atomic E-state index is 6.66. The lowest BCUT2D eigenvalue weighted by Crippen LogP contribution is -2.47. The predicted octanol–water partition coefficient (Wildman–Crippen LogP) is 5.70. The maximum absolute atomic E-state index is 6.66. The smallest absolute Gasteiger partial charge is 0.200 e. The Labute approximate surface area is 132 Å². The molecule has 1 aromatic carbocycles. The monoisotopic (exact) mass is 308 g/mol. The molecule has 1 aromatic rings. The van der Waals surface area contributed by atoms with Crippen LogP contribution < -0.4 is 4.74 Å². The van der Waals surface area contributed by atoms with Crippen LogP contribution in [0.1, 0.15) is 52.7 Å². The van der Waals surface area contributed by atoms with Gasteiger partial charge in [-0.2, -0.15) is 0 Å². The van der Waals surface area contributed by atoms with E-state index in [4.69, 9.17) is 9.16 Å². The molecule has 0 aromatic heterocycles. The summed E-state index contributed by atoms with van der Waals surface area (Å²) >= 11 is 0. The first-order valence-corrected chi connectivity index (χ1v) is 10.2. The molecule has 0 bridgehead atoms. The zero-order chi connectivity index (χ0) is 16.2. The van der Waals surface area contributed by atoms with Crippen molar-refractivity contribution in [1.82, 2.24) is 0 Å². The van der Waals surface area contributed by atoms with Crippen LogP contribution in [0.2, 0.25) is 16.6 Å². The van der Waals surface area contributed by atoms with Gasteiger partial charge < -0.3 is 9.16 Å². The van der Waals surface area contributed by atoms with E-state index in [0.717, 1.165) is 11.3 Å². The van der Waals surface area contributed by atoms with E-state index in [2.05, 4.69) is 60.6 Å². The summed E-state index contributed by atoms with van der Waals surface area (Å²) in [5.41, 5.74) is 4.23. The summed E-state index contributed by atoms with van der Waals surface area (Å²) in [5, 5.41) is 0. The average Bonchev–Trinajstić information content (AvgIpc) is 2.38. The molecular formula is C18H32O2Si. The van der Waals surface area contributed by atoms with E-state index in [1.54, 1.807) is 7.11 Å². The Balaban J connectivity index is 3.05. The highest BCUT2D eigenvalue weighted by molar-refractivity contribution is 6.77. The number of aryl methyl sites for hydroxylation is 1. The Bertz CT molecular complexity index is 431. The highest BCUT2D eigenvalue weighted by atomic mass is 28.4. The second-order valence-corrected chi connectivity index (χ2v) is 12.4. The van der Waals surface area contributed by atoms with Crippen molar-refractivity contribution in [3.8, 4) is 5.75 Å². The summed E-state index contributed by atoms with van der Waals surface area (Å²) < 4.78 is 12.1. The zero-order valence-electron chi connectivity index (χ0n) is 15.0. The van der Waals surface area contributed by atoms with Crippen molar-refractivity contribution in [3.63, 3.8) is 0 Å². The van der Waals surface area contributed by atoms with Crippen molar-refractivity contribution >= 4 is 8.32 Å². The van der Waals surface area contributed by atoms with Gasteiger partial charge in [-0.1, -0.05) is 59.2 Å². The van der Waals surface area contributed by atoms with Crippen LogP contribution in [-0.4, -0.2) is 15.4 Å². The first-order chi connectivity index (χ1) is 9.75. The third-order valence-corrected chi connectivity index (χ3v) is 10.7. The van der Waals surface area contributed by atoms with E-state index in [0.29, 0.717) is 23.2 Å². The Morgan fingerprint density at radius 1 is 0.952 bits per heavy atom. The van der Waals surface area contributed by atoms with E-state index >= 15 is 0 Å². The van der Waals surface area contributed by atoms with Crippen molar-refractivity contribution in [1.29, 1.82) is 0 Å². The molecule has 0 spiro atoms. The Hall–Kier alpha value is -0.803. The van der Waals surface area contributed by atoms with Gasteiger partial charge in [0.25, 0.3) is 0 Å². The van der Waals surface area contributed by atoms with Crippen molar-refractivity contribution in [3.05, 3.63) is 29.3 Å². The van der Waals surface area contributed by atoms with Gasteiger partial charge >= 0.3 is 0 Å². The fourth-order valence-electron chi connectivity index (χ4n) is 3.72. The summed E-state index contributed by atoms with van der Waals surface area (Å²) in [6.07, 6.45) is 0. The van der Waals surface area contributed by atoms with Gasteiger partial charge in [0.1, 0.15) is 5.75 Å². The highest BCUT2D eigenvalue weighted by Gasteiger charge is 2.45. The molecule has 0 saturated heterocycles. The van der Waals surface area contributed by atoms with Crippen LogP contribution >= 0.6 is 0 Å². The Kier molecular flexibility index (Phi) is 6.48. The molecule has 0 fully saturated rings. The molecule has 2 nitrogen and oxygen atoms in total. The standard InChI is InChI=1S/C18H32O2Si/c1-13(2)21(14(3)4,15(5)6)20-12-17-11-16(7)9-10-18(17)19-8/h9-11,13-15H,12H2,1-8H3. The lowest BCUT2D eigenvalue weighted by atomic mass is 10.1. The number of benzene rings is 1. The SMILES string of the molecule is COc1ccc(C)cc1CO[Si](C(C)C)(C(C)C)C(C)C. The lowest BCUT2D eigenvalue weighted by Gasteiger charge is -2.42. The van der Waals surface area contributed by atoms with Crippen molar-refractivity contribution in [2.45, 2.75) is 71.7 Å². The molecular weight excluding hydrogens is 276 g/mol. The van der Waals surface area contributed by atoms with Crippen LogP contribution in [0.3, 0.4) is 0 Å². The van der Waals surface area contributed by atoms with Gasteiger partial charge in [-0.15, -0.1) is 0 Å². The fraction of sp³-hybridized carbons (Fsp3) is 0.667. The van der Waals surface area contributed by atoms with E-state index < -0.39 is 8.32 Å². The number of methoxy groups -OCH3 is 1. The van der Waals surface area contributed by atoms with Crippen LogP contribution in [0.4, 0.5) is 0 Å². The molecule has 1 rings (SSSR count). The van der Waals surface area contributed by atoms with E-state index in [9.17, 15) is 0 Å². The lowest BCUT2D eigenvalue weighted by molar-refractivity contribution is 0.260. The van der Waals surface area contributed by atoms with Crippen LogP contribution in [0.15, 0.2) is 18.2 Å². The van der Waals surface area contributed by atoms with Gasteiger partial charge in [0.15, 0.2) is 0 Å². The zero-order valence-corrected chi connectivity index (χ0v) is 16.0. The van der Waals surface area contributed by atoms with Crippen LogP contribution in [0, 0.1) is 6.92 Å². The molecule has 120 valence electrons. The number of hydrogen-bond acceptors (Lipinski definition) is 2. The average molecular weight is 309 g/mol. The Morgan fingerprint density at radius 3 is 1.90 bits per heavy atom. The quantitative estimate of drug-likeness (QED) is 0.602. The second-order valence-electron chi connectivity index (χ2n) is 6.92. The fourth-order valence-corrected chi connectivity index (χ4v) is 9.13. The second kappa shape index (κ2) is 7.46. The molecule has 0 amide bonds. The first kappa shape index (κ1) is 18.2. The van der Waals surface area contributed by atoms with Gasteiger partial charge in [-0.25, -0.2) is 0 Å². The molecule has 0 radical (unpaired) electrons. The minimum absolute atomic E-state index is 0.605. The summed E-state index contributed by atoms with van der Waals surface area (Å²) in [6, 6.07) is 6.30. The summed E-state index contributed by atoms with van der Waals surface area (Å²) in [5.74, 6) is 0.930. The van der Waals surface area contributed by atoms with Crippen molar-refractivity contribution in [2.75, 3.05) is 7.11 Å².